The second-order valence-corrected chi connectivity index (χ2v) is 5.96. The predicted octanol–water partition coefficient (Wildman–Crippen LogP) is 4.42. The van der Waals surface area contributed by atoms with Crippen LogP contribution in [0.1, 0.15) is 16.4 Å². The first-order valence-corrected chi connectivity index (χ1v) is 7.55. The number of dihydropyridines is 1. The lowest BCUT2D eigenvalue weighted by molar-refractivity contribution is 0.372. The molecule has 1 unspecified atom stereocenters. The van der Waals surface area contributed by atoms with Gasteiger partial charge in [0.25, 0.3) is 0 Å². The van der Waals surface area contributed by atoms with E-state index in [1.807, 2.05) is 29.6 Å². The van der Waals surface area contributed by atoms with Gasteiger partial charge in [-0.2, -0.15) is 5.26 Å². The molecule has 0 fully saturated rings. The summed E-state index contributed by atoms with van der Waals surface area (Å²) in [6.45, 7) is 0. The zero-order valence-electron chi connectivity index (χ0n) is 10.9. The molecule has 0 radical (unpaired) electrons. The predicted molar refractivity (Wildman–Crippen MR) is 84.9 cm³/mol. The number of hydrogen-bond acceptors (Lipinski definition) is 4. The quantitative estimate of drug-likeness (QED) is 0.862. The molecule has 1 aliphatic heterocycles. The number of aliphatic hydroxyl groups excluding tert-OH is 1. The number of aliphatic hydroxyl groups is 1. The van der Waals surface area contributed by atoms with Gasteiger partial charge in [-0.1, -0.05) is 29.8 Å². The third-order valence-corrected chi connectivity index (χ3v) is 4.52. The number of nitrogens with one attached hydrogen (secondary N) is 1. The molecular formula is C16H11ClN2OS. The first-order valence-electron chi connectivity index (χ1n) is 6.30. The zero-order valence-corrected chi connectivity index (χ0v) is 12.4. The summed E-state index contributed by atoms with van der Waals surface area (Å²) in [5.74, 6) is -0.398. The minimum Gasteiger partial charge on any atom is -0.494 e. The maximum absolute atomic E-state index is 9.95. The second-order valence-electron chi connectivity index (χ2n) is 4.58. The van der Waals surface area contributed by atoms with Gasteiger partial charge in [0.15, 0.2) is 0 Å². The van der Waals surface area contributed by atoms with Gasteiger partial charge < -0.3 is 10.4 Å². The van der Waals surface area contributed by atoms with Crippen LogP contribution >= 0.6 is 22.9 Å². The molecule has 1 aliphatic rings. The number of thiophene rings is 1. The Labute approximate surface area is 131 Å². The fraction of sp³-hybridized carbons (Fsp3) is 0.0625. The summed E-state index contributed by atoms with van der Waals surface area (Å²) in [5, 5.41) is 24.7. The number of nitrogens with zero attached hydrogens (tertiary/aromatic N) is 1. The van der Waals surface area contributed by atoms with Crippen molar-refractivity contribution in [1.82, 2.24) is 5.32 Å². The number of allylic oxidation sites excluding steroid dienone is 2. The minimum atomic E-state index is -0.299. The van der Waals surface area contributed by atoms with E-state index >= 15 is 0 Å². The van der Waals surface area contributed by atoms with Crippen molar-refractivity contribution in [3.63, 3.8) is 0 Å². The average Bonchev–Trinajstić information content (AvgIpc) is 3.02. The van der Waals surface area contributed by atoms with Crippen LogP contribution in [0.2, 0.25) is 5.02 Å². The maximum Gasteiger partial charge on any atom is 0.203 e. The van der Waals surface area contributed by atoms with Gasteiger partial charge in [-0.3, -0.25) is 0 Å². The zero-order chi connectivity index (χ0) is 14.8. The molecule has 0 spiro atoms. The largest absolute Gasteiger partial charge is 0.494 e. The molecule has 0 bridgehead atoms. The van der Waals surface area contributed by atoms with Crippen molar-refractivity contribution in [2.45, 2.75) is 5.92 Å². The van der Waals surface area contributed by atoms with Gasteiger partial charge >= 0.3 is 0 Å². The minimum absolute atomic E-state index is 0.0993. The van der Waals surface area contributed by atoms with E-state index in [0.717, 1.165) is 16.0 Å². The molecule has 3 nitrogen and oxygen atoms in total. The first kappa shape index (κ1) is 13.7. The molecule has 1 aromatic heterocycles. The Hall–Kier alpha value is -2.22. The maximum atomic E-state index is 9.95. The van der Waals surface area contributed by atoms with Gasteiger partial charge in [0.05, 0.1) is 5.92 Å². The molecule has 0 saturated heterocycles. The topological polar surface area (TPSA) is 56.0 Å². The lowest BCUT2D eigenvalue weighted by Crippen LogP contribution is -2.20. The van der Waals surface area contributed by atoms with Gasteiger partial charge in [-0.15, -0.1) is 11.3 Å². The Morgan fingerprint density at radius 3 is 2.62 bits per heavy atom. The third kappa shape index (κ3) is 2.54. The van der Waals surface area contributed by atoms with E-state index in [1.165, 1.54) is 0 Å². The van der Waals surface area contributed by atoms with Gasteiger partial charge in [-0.05, 0) is 34.7 Å². The highest BCUT2D eigenvalue weighted by Gasteiger charge is 2.29. The molecule has 0 amide bonds. The number of halogens is 1. The molecule has 2 aromatic rings. The van der Waals surface area contributed by atoms with E-state index in [9.17, 15) is 10.4 Å². The standard InChI is InChI=1S/C16H11ClN2OS/c17-11-5-3-10(4-6-11)15-12(8-18)16(20)19-9-13(15)14-2-1-7-21-14/h1-7,9,15,19-20H. The SMILES string of the molecule is N#CC1=C(O)NC=C(c2cccs2)C1c1ccc(Cl)cc1. The lowest BCUT2D eigenvalue weighted by atomic mass is 9.83. The van der Waals surface area contributed by atoms with Crippen LogP contribution in [0.25, 0.3) is 5.57 Å². The highest BCUT2D eigenvalue weighted by atomic mass is 35.5. The Kier molecular flexibility index (Phi) is 3.70. The van der Waals surface area contributed by atoms with Crippen molar-refractivity contribution in [3.8, 4) is 6.07 Å². The van der Waals surface area contributed by atoms with Crippen LogP contribution < -0.4 is 5.32 Å². The smallest absolute Gasteiger partial charge is 0.203 e. The summed E-state index contributed by atoms with van der Waals surface area (Å²) < 4.78 is 0. The van der Waals surface area contributed by atoms with Crippen LogP contribution in [0.4, 0.5) is 0 Å². The molecule has 0 aliphatic carbocycles. The molecule has 1 aromatic carbocycles. The molecule has 21 heavy (non-hydrogen) atoms. The van der Waals surface area contributed by atoms with Gasteiger partial charge in [-0.25, -0.2) is 0 Å². The third-order valence-electron chi connectivity index (χ3n) is 3.35. The number of rotatable bonds is 2. The molecule has 2 heterocycles. The molecule has 1 atom stereocenters. The monoisotopic (exact) mass is 314 g/mol. The second kappa shape index (κ2) is 5.65. The van der Waals surface area contributed by atoms with Crippen molar-refractivity contribution in [2.75, 3.05) is 0 Å². The fourth-order valence-corrected chi connectivity index (χ4v) is 3.27. The molecule has 3 rings (SSSR count). The Balaban J connectivity index is 2.13. The molecule has 5 heteroatoms. The highest BCUT2D eigenvalue weighted by Crippen LogP contribution is 2.41. The van der Waals surface area contributed by atoms with E-state index in [-0.39, 0.29) is 11.8 Å². The van der Waals surface area contributed by atoms with Crippen molar-refractivity contribution >= 4 is 28.5 Å². The van der Waals surface area contributed by atoms with E-state index in [2.05, 4.69) is 11.4 Å². The van der Waals surface area contributed by atoms with E-state index in [4.69, 9.17) is 11.6 Å². The van der Waals surface area contributed by atoms with Crippen molar-refractivity contribution in [3.05, 3.63) is 74.9 Å². The van der Waals surface area contributed by atoms with Gasteiger partial charge in [0, 0.05) is 16.1 Å². The van der Waals surface area contributed by atoms with E-state index in [1.54, 1.807) is 29.7 Å². The highest BCUT2D eigenvalue weighted by molar-refractivity contribution is 7.11. The molecule has 0 saturated carbocycles. The molecule has 104 valence electrons. The summed E-state index contributed by atoms with van der Waals surface area (Å²) in [5.41, 5.74) is 2.19. The van der Waals surface area contributed by atoms with Crippen molar-refractivity contribution in [1.29, 1.82) is 5.26 Å². The Morgan fingerprint density at radius 1 is 1.24 bits per heavy atom. The fourth-order valence-electron chi connectivity index (χ4n) is 2.37. The summed E-state index contributed by atoms with van der Waals surface area (Å²) in [6.07, 6.45) is 1.75. The van der Waals surface area contributed by atoms with Gasteiger partial charge in [0.2, 0.25) is 5.88 Å². The van der Waals surface area contributed by atoms with Crippen LogP contribution in [-0.2, 0) is 0 Å². The summed E-state index contributed by atoms with van der Waals surface area (Å²) in [4.78, 5) is 1.06. The van der Waals surface area contributed by atoms with Gasteiger partial charge in [0.1, 0.15) is 11.6 Å². The average molecular weight is 315 g/mol. The molecule has 2 N–H and O–H groups in total. The summed E-state index contributed by atoms with van der Waals surface area (Å²) >= 11 is 7.53. The summed E-state index contributed by atoms with van der Waals surface area (Å²) in [7, 11) is 0. The van der Waals surface area contributed by atoms with Crippen LogP contribution in [-0.4, -0.2) is 5.11 Å². The number of nitriles is 1. The first-order chi connectivity index (χ1) is 10.2. The number of hydrogen-bond donors (Lipinski definition) is 2. The normalized spacial score (nSPS) is 17.9. The van der Waals surface area contributed by atoms with Crippen molar-refractivity contribution in [2.24, 2.45) is 0 Å². The van der Waals surface area contributed by atoms with Crippen LogP contribution in [0.5, 0.6) is 0 Å². The Bertz CT molecular complexity index is 755. The molecular weight excluding hydrogens is 304 g/mol. The van der Waals surface area contributed by atoms with Crippen molar-refractivity contribution < 1.29 is 5.11 Å². The van der Waals surface area contributed by atoms with E-state index in [0.29, 0.717) is 10.6 Å². The van der Waals surface area contributed by atoms with E-state index < -0.39 is 0 Å². The summed E-state index contributed by atoms with van der Waals surface area (Å²) in [6, 6.07) is 13.4. The van der Waals surface area contributed by atoms with Crippen LogP contribution in [0.15, 0.2) is 59.4 Å². The Morgan fingerprint density at radius 2 is 2.00 bits per heavy atom. The van der Waals surface area contributed by atoms with Crippen LogP contribution in [0, 0.1) is 11.3 Å². The van der Waals surface area contributed by atoms with Crippen LogP contribution in [0.3, 0.4) is 0 Å². The lowest BCUT2D eigenvalue weighted by Gasteiger charge is -2.24. The number of benzene rings is 1.